The molecule has 2 aliphatic carbocycles. The predicted octanol–water partition coefficient (Wildman–Crippen LogP) is 2.05. The van der Waals surface area contributed by atoms with E-state index in [9.17, 15) is 14.4 Å². The normalized spacial score (nSPS) is 39.7. The van der Waals surface area contributed by atoms with Gasteiger partial charge in [-0.05, 0) is 46.5 Å². The van der Waals surface area contributed by atoms with Crippen LogP contribution in [-0.2, 0) is 19.1 Å². The topological polar surface area (TPSA) is 87.7 Å². The van der Waals surface area contributed by atoms with Gasteiger partial charge >= 0.3 is 0 Å². The monoisotopic (exact) mass is 429 g/mol. The summed E-state index contributed by atoms with van der Waals surface area (Å²) in [5.74, 6) is -1.68. The summed E-state index contributed by atoms with van der Waals surface area (Å²) in [7, 11) is 0. The van der Waals surface area contributed by atoms with Crippen LogP contribution in [0.1, 0.15) is 72.1 Å². The van der Waals surface area contributed by atoms with Crippen LogP contribution >= 0.6 is 0 Å². The summed E-state index contributed by atoms with van der Waals surface area (Å²) in [6.07, 6.45) is 12.2. The number of likely N-dealkylation sites (tertiary alicyclic amines) is 1. The Labute approximate surface area is 184 Å². The van der Waals surface area contributed by atoms with E-state index in [0.29, 0.717) is 0 Å². The second-order valence-corrected chi connectivity index (χ2v) is 10.6. The number of carbonyl (C=O) groups excluding carboxylic acids is 3. The van der Waals surface area contributed by atoms with Gasteiger partial charge in [0.05, 0.1) is 17.4 Å². The second-order valence-electron chi connectivity index (χ2n) is 10.6. The molecule has 5 unspecified atom stereocenters. The molecule has 2 N–H and O–H groups in total. The van der Waals surface area contributed by atoms with E-state index in [4.69, 9.17) is 4.74 Å². The number of hydrogen-bond acceptors (Lipinski definition) is 4. The van der Waals surface area contributed by atoms with Crippen LogP contribution in [0.3, 0.4) is 0 Å². The molecule has 4 fully saturated rings. The number of nitrogens with one attached hydrogen (secondary N) is 2. The van der Waals surface area contributed by atoms with Crippen LogP contribution in [0.2, 0.25) is 0 Å². The molecule has 5 aliphatic rings. The van der Waals surface area contributed by atoms with E-state index in [0.717, 1.165) is 51.4 Å². The molecule has 0 aromatic carbocycles. The van der Waals surface area contributed by atoms with Gasteiger partial charge in [0.25, 0.3) is 0 Å². The molecule has 2 saturated carbocycles. The zero-order valence-corrected chi connectivity index (χ0v) is 18.9. The van der Waals surface area contributed by atoms with Crippen LogP contribution < -0.4 is 10.6 Å². The molecule has 31 heavy (non-hydrogen) atoms. The standard InChI is InChI=1S/C24H35N3O4/c1-14(2)27-19(21(29)26-16-10-6-7-11-16)24-13-12-23(3,31-24)17(18(24)22(27)30)20(28)25-15-8-4-5-9-15/h12-19H,4-11H2,1-3H3,(H,25,28)(H,26,29). The minimum Gasteiger partial charge on any atom is -0.356 e. The molecule has 2 bridgehead atoms. The highest BCUT2D eigenvalue weighted by atomic mass is 16.5. The maximum absolute atomic E-state index is 13.7. The van der Waals surface area contributed by atoms with Gasteiger partial charge in [0.1, 0.15) is 11.6 Å². The average Bonchev–Trinajstić information content (AvgIpc) is 3.49. The maximum Gasteiger partial charge on any atom is 0.246 e. The number of rotatable bonds is 5. The van der Waals surface area contributed by atoms with E-state index in [2.05, 4.69) is 10.6 Å². The van der Waals surface area contributed by atoms with Crippen molar-refractivity contribution in [1.82, 2.24) is 15.5 Å². The zero-order valence-electron chi connectivity index (χ0n) is 18.9. The molecule has 0 aromatic rings. The first kappa shape index (κ1) is 21.0. The molecule has 7 nitrogen and oxygen atoms in total. The van der Waals surface area contributed by atoms with Crippen LogP contribution in [0.5, 0.6) is 0 Å². The number of carbonyl (C=O) groups is 3. The lowest BCUT2D eigenvalue weighted by Gasteiger charge is -2.35. The first-order valence-electron chi connectivity index (χ1n) is 12.1. The lowest BCUT2D eigenvalue weighted by molar-refractivity contribution is -0.147. The van der Waals surface area contributed by atoms with Gasteiger partial charge in [0.2, 0.25) is 17.7 Å². The maximum atomic E-state index is 13.7. The molecule has 0 aromatic heterocycles. The fourth-order valence-electron chi connectivity index (χ4n) is 6.84. The van der Waals surface area contributed by atoms with E-state index >= 15 is 0 Å². The molecule has 5 atom stereocenters. The van der Waals surface area contributed by atoms with Crippen molar-refractivity contribution in [1.29, 1.82) is 0 Å². The van der Waals surface area contributed by atoms with E-state index in [1.807, 2.05) is 32.9 Å². The highest BCUT2D eigenvalue weighted by molar-refractivity contribution is 6.00. The molecule has 1 spiro atoms. The Morgan fingerprint density at radius 3 is 2.10 bits per heavy atom. The Bertz CT molecular complexity index is 814. The lowest BCUT2D eigenvalue weighted by atomic mass is 9.70. The smallest absolute Gasteiger partial charge is 0.246 e. The highest BCUT2D eigenvalue weighted by Crippen LogP contribution is 2.60. The van der Waals surface area contributed by atoms with Crippen LogP contribution in [0.15, 0.2) is 12.2 Å². The third-order valence-electron chi connectivity index (χ3n) is 8.22. The molecule has 7 heteroatoms. The van der Waals surface area contributed by atoms with Gasteiger partial charge in [-0.25, -0.2) is 0 Å². The van der Waals surface area contributed by atoms with Gasteiger partial charge in [0, 0.05) is 18.1 Å². The molecule has 0 radical (unpaired) electrons. The van der Waals surface area contributed by atoms with Crippen LogP contribution in [0.4, 0.5) is 0 Å². The molecule has 170 valence electrons. The summed E-state index contributed by atoms with van der Waals surface area (Å²) in [6, 6.07) is -0.567. The van der Waals surface area contributed by atoms with E-state index in [-0.39, 0.29) is 35.8 Å². The van der Waals surface area contributed by atoms with Gasteiger partial charge in [-0.3, -0.25) is 14.4 Å². The van der Waals surface area contributed by atoms with Crippen molar-refractivity contribution < 1.29 is 19.1 Å². The largest absolute Gasteiger partial charge is 0.356 e. The number of fused-ring (bicyclic) bond motifs is 1. The van der Waals surface area contributed by atoms with Crippen LogP contribution in [0, 0.1) is 11.8 Å². The quantitative estimate of drug-likeness (QED) is 0.655. The molecule has 3 heterocycles. The fourth-order valence-corrected chi connectivity index (χ4v) is 6.84. The van der Waals surface area contributed by atoms with Gasteiger partial charge in [-0.1, -0.05) is 37.8 Å². The van der Waals surface area contributed by atoms with Crippen LogP contribution in [-0.4, -0.2) is 58.0 Å². The van der Waals surface area contributed by atoms with Gasteiger partial charge in [-0.2, -0.15) is 0 Å². The minimum absolute atomic E-state index is 0.112. The molecule has 3 aliphatic heterocycles. The van der Waals surface area contributed by atoms with Crippen molar-refractivity contribution in [2.75, 3.05) is 0 Å². The lowest BCUT2D eigenvalue weighted by Crippen LogP contribution is -2.57. The average molecular weight is 430 g/mol. The zero-order chi connectivity index (χ0) is 22.0. The SMILES string of the molecule is CC(C)N1C(=O)C2C(C(=O)NC3CCCC3)C3(C)C=CC2(O3)C1C(=O)NC1CCCC1. The number of nitrogens with zero attached hydrogens (tertiary/aromatic N) is 1. The van der Waals surface area contributed by atoms with Gasteiger partial charge in [0.15, 0.2) is 0 Å². The number of ether oxygens (including phenoxy) is 1. The minimum atomic E-state index is -1.07. The van der Waals surface area contributed by atoms with Gasteiger partial charge in [-0.15, -0.1) is 0 Å². The van der Waals surface area contributed by atoms with Crippen molar-refractivity contribution in [3.63, 3.8) is 0 Å². The summed E-state index contributed by atoms with van der Waals surface area (Å²) in [5.41, 5.74) is -1.94. The summed E-state index contributed by atoms with van der Waals surface area (Å²) >= 11 is 0. The highest BCUT2D eigenvalue weighted by Gasteiger charge is 2.76. The number of amides is 3. The Hall–Kier alpha value is -1.89. The Kier molecular flexibility index (Phi) is 4.96. The third-order valence-corrected chi connectivity index (χ3v) is 8.22. The summed E-state index contributed by atoms with van der Waals surface area (Å²) < 4.78 is 6.52. The predicted molar refractivity (Wildman–Crippen MR) is 115 cm³/mol. The molecule has 2 saturated heterocycles. The Morgan fingerprint density at radius 1 is 1.00 bits per heavy atom. The summed E-state index contributed by atoms with van der Waals surface area (Å²) in [6.45, 7) is 5.74. The van der Waals surface area contributed by atoms with Gasteiger partial charge < -0.3 is 20.3 Å². The van der Waals surface area contributed by atoms with E-state index in [1.165, 1.54) is 0 Å². The van der Waals surface area contributed by atoms with E-state index < -0.39 is 29.1 Å². The number of hydrogen-bond donors (Lipinski definition) is 2. The van der Waals surface area contributed by atoms with Crippen LogP contribution in [0.25, 0.3) is 0 Å². The van der Waals surface area contributed by atoms with Crippen molar-refractivity contribution in [2.24, 2.45) is 11.8 Å². The molecular weight excluding hydrogens is 394 g/mol. The van der Waals surface area contributed by atoms with Crippen molar-refractivity contribution in [3.8, 4) is 0 Å². The fraction of sp³-hybridized carbons (Fsp3) is 0.792. The van der Waals surface area contributed by atoms with E-state index in [1.54, 1.807) is 4.90 Å². The molecule has 3 amide bonds. The first-order chi connectivity index (χ1) is 14.8. The third kappa shape index (κ3) is 3.06. The molecule has 5 rings (SSSR count). The Morgan fingerprint density at radius 2 is 1.55 bits per heavy atom. The summed E-state index contributed by atoms with van der Waals surface area (Å²) in [4.78, 5) is 42.3. The Balaban J connectivity index is 1.47. The molecular formula is C24H35N3O4. The summed E-state index contributed by atoms with van der Waals surface area (Å²) in [5, 5.41) is 6.37. The van der Waals surface area contributed by atoms with Crippen molar-refractivity contribution in [2.45, 2.75) is 108 Å². The second kappa shape index (κ2) is 7.32. The van der Waals surface area contributed by atoms with Crippen molar-refractivity contribution >= 4 is 17.7 Å². The van der Waals surface area contributed by atoms with Crippen molar-refractivity contribution in [3.05, 3.63) is 12.2 Å². The first-order valence-corrected chi connectivity index (χ1v) is 12.1.